The number of hydrogen-bond donors (Lipinski definition) is 2. The molecule has 0 fully saturated rings. The van der Waals surface area contributed by atoms with Crippen molar-refractivity contribution >= 4 is 39.8 Å². The highest BCUT2D eigenvalue weighted by Gasteiger charge is 2.12. The standard InChI is InChI=1S/C23H27ClN4O/c1-3-28(4-2)15-7-13-26-23(29)18-8-5-6-9-21(18)27-22-12-14-25-20-11-10-17(24)16-19(20)22/h5-6,8-12,14,16H,3-4,7,13,15H2,1-2H3,(H,25,27)(H,26,29). The van der Waals surface area contributed by atoms with Crippen LogP contribution in [0.25, 0.3) is 10.9 Å². The molecule has 2 N–H and O–H groups in total. The van der Waals surface area contributed by atoms with Crippen molar-refractivity contribution < 1.29 is 4.79 Å². The van der Waals surface area contributed by atoms with Crippen molar-refractivity contribution in [3.63, 3.8) is 0 Å². The molecule has 0 atom stereocenters. The Kier molecular flexibility index (Phi) is 7.44. The summed E-state index contributed by atoms with van der Waals surface area (Å²) in [5, 5.41) is 7.98. The van der Waals surface area contributed by atoms with Gasteiger partial charge in [-0.15, -0.1) is 0 Å². The largest absolute Gasteiger partial charge is 0.354 e. The minimum Gasteiger partial charge on any atom is -0.354 e. The summed E-state index contributed by atoms with van der Waals surface area (Å²) in [5.74, 6) is -0.0796. The highest BCUT2D eigenvalue weighted by atomic mass is 35.5. The van der Waals surface area contributed by atoms with Crippen LogP contribution in [0.15, 0.2) is 54.7 Å². The van der Waals surface area contributed by atoms with Crippen LogP contribution in [0.1, 0.15) is 30.6 Å². The average Bonchev–Trinajstić information content (AvgIpc) is 2.74. The lowest BCUT2D eigenvalue weighted by molar-refractivity contribution is 0.0952. The second kappa shape index (κ2) is 10.2. The first-order valence-corrected chi connectivity index (χ1v) is 10.4. The molecule has 152 valence electrons. The second-order valence-corrected chi connectivity index (χ2v) is 7.26. The van der Waals surface area contributed by atoms with Gasteiger partial charge >= 0.3 is 0 Å². The number of carbonyl (C=O) groups excluding carboxylic acids is 1. The Bertz CT molecular complexity index is 972. The van der Waals surface area contributed by atoms with Gasteiger partial charge in [0.15, 0.2) is 0 Å². The number of nitrogens with one attached hydrogen (secondary N) is 2. The molecule has 0 aliphatic rings. The van der Waals surface area contributed by atoms with Gasteiger partial charge < -0.3 is 15.5 Å². The van der Waals surface area contributed by atoms with E-state index in [-0.39, 0.29) is 5.91 Å². The quantitative estimate of drug-likeness (QED) is 0.482. The van der Waals surface area contributed by atoms with Crippen LogP contribution < -0.4 is 10.6 Å². The average molecular weight is 411 g/mol. The molecule has 0 bridgehead atoms. The number of nitrogens with zero attached hydrogens (tertiary/aromatic N) is 2. The number of hydrogen-bond acceptors (Lipinski definition) is 4. The SMILES string of the molecule is CCN(CC)CCCNC(=O)c1ccccc1Nc1ccnc2ccc(Cl)cc12. The summed E-state index contributed by atoms with van der Waals surface area (Å²) in [6.07, 6.45) is 2.67. The smallest absolute Gasteiger partial charge is 0.253 e. The van der Waals surface area contributed by atoms with E-state index in [1.807, 2.05) is 48.5 Å². The number of benzene rings is 2. The topological polar surface area (TPSA) is 57.3 Å². The minimum atomic E-state index is -0.0796. The van der Waals surface area contributed by atoms with Crippen molar-refractivity contribution in [3.8, 4) is 0 Å². The van der Waals surface area contributed by atoms with Crippen LogP contribution >= 0.6 is 11.6 Å². The fourth-order valence-corrected chi connectivity index (χ4v) is 3.47. The lowest BCUT2D eigenvalue weighted by Crippen LogP contribution is -2.30. The first-order chi connectivity index (χ1) is 14.1. The van der Waals surface area contributed by atoms with E-state index in [0.717, 1.165) is 48.3 Å². The Hall–Kier alpha value is -2.63. The molecule has 2 aromatic carbocycles. The van der Waals surface area contributed by atoms with Gasteiger partial charge in [-0.25, -0.2) is 0 Å². The van der Waals surface area contributed by atoms with Crippen LogP contribution in [0.3, 0.4) is 0 Å². The first-order valence-electron chi connectivity index (χ1n) is 10.0. The maximum atomic E-state index is 12.8. The number of halogens is 1. The molecule has 0 saturated heterocycles. The summed E-state index contributed by atoms with van der Waals surface area (Å²) in [5.41, 5.74) is 3.07. The number of anilines is 2. The van der Waals surface area contributed by atoms with Gasteiger partial charge in [0.2, 0.25) is 0 Å². The Morgan fingerprint density at radius 2 is 1.86 bits per heavy atom. The number of aromatic nitrogens is 1. The van der Waals surface area contributed by atoms with Crippen molar-refractivity contribution in [2.45, 2.75) is 20.3 Å². The van der Waals surface area contributed by atoms with Crippen LogP contribution in [0, 0.1) is 0 Å². The number of fused-ring (bicyclic) bond motifs is 1. The molecule has 0 radical (unpaired) electrons. The van der Waals surface area contributed by atoms with Gasteiger partial charge in [-0.05, 0) is 62.5 Å². The molecule has 0 saturated carbocycles. The molecule has 3 rings (SSSR count). The number of amides is 1. The van der Waals surface area contributed by atoms with Crippen molar-refractivity contribution in [1.82, 2.24) is 15.2 Å². The molecular weight excluding hydrogens is 384 g/mol. The summed E-state index contributed by atoms with van der Waals surface area (Å²) < 4.78 is 0. The number of pyridine rings is 1. The van der Waals surface area contributed by atoms with Crippen LogP contribution in [0.2, 0.25) is 5.02 Å². The molecule has 1 heterocycles. The fourth-order valence-electron chi connectivity index (χ4n) is 3.30. The summed E-state index contributed by atoms with van der Waals surface area (Å²) in [4.78, 5) is 19.5. The summed E-state index contributed by atoms with van der Waals surface area (Å²) in [6, 6.07) is 15.0. The summed E-state index contributed by atoms with van der Waals surface area (Å²) in [6.45, 7) is 8.00. The van der Waals surface area contributed by atoms with Crippen molar-refractivity contribution in [2.24, 2.45) is 0 Å². The number of para-hydroxylation sites is 1. The van der Waals surface area contributed by atoms with Gasteiger partial charge in [0.05, 0.1) is 16.8 Å². The Morgan fingerprint density at radius 1 is 1.07 bits per heavy atom. The van der Waals surface area contributed by atoms with E-state index in [2.05, 4.69) is 34.4 Å². The minimum absolute atomic E-state index is 0.0796. The molecule has 3 aromatic rings. The molecule has 6 heteroatoms. The molecule has 0 unspecified atom stereocenters. The molecule has 0 aliphatic heterocycles. The van der Waals surface area contributed by atoms with Crippen LogP contribution in [0.4, 0.5) is 11.4 Å². The van der Waals surface area contributed by atoms with E-state index in [1.165, 1.54) is 0 Å². The predicted octanol–water partition coefficient (Wildman–Crippen LogP) is 5.09. The number of rotatable bonds is 9. The maximum absolute atomic E-state index is 12.8. The monoisotopic (exact) mass is 410 g/mol. The fraction of sp³-hybridized carbons (Fsp3) is 0.304. The third-order valence-electron chi connectivity index (χ3n) is 4.98. The van der Waals surface area contributed by atoms with Crippen molar-refractivity contribution in [3.05, 3.63) is 65.3 Å². The van der Waals surface area contributed by atoms with Crippen LogP contribution in [-0.4, -0.2) is 42.0 Å². The highest BCUT2D eigenvalue weighted by molar-refractivity contribution is 6.31. The highest BCUT2D eigenvalue weighted by Crippen LogP contribution is 2.28. The van der Waals surface area contributed by atoms with Gasteiger partial charge in [-0.2, -0.15) is 0 Å². The Morgan fingerprint density at radius 3 is 2.66 bits per heavy atom. The van der Waals surface area contributed by atoms with Gasteiger partial charge in [-0.1, -0.05) is 37.6 Å². The molecule has 5 nitrogen and oxygen atoms in total. The molecule has 1 amide bonds. The third kappa shape index (κ3) is 5.46. The van der Waals surface area contributed by atoms with Gasteiger partial charge in [0.25, 0.3) is 5.91 Å². The van der Waals surface area contributed by atoms with Crippen molar-refractivity contribution in [2.75, 3.05) is 31.5 Å². The lowest BCUT2D eigenvalue weighted by atomic mass is 10.1. The van der Waals surface area contributed by atoms with E-state index in [4.69, 9.17) is 11.6 Å². The molecule has 0 aliphatic carbocycles. The third-order valence-corrected chi connectivity index (χ3v) is 5.21. The van der Waals surface area contributed by atoms with E-state index in [0.29, 0.717) is 17.1 Å². The van der Waals surface area contributed by atoms with Crippen LogP contribution in [-0.2, 0) is 0 Å². The Balaban J connectivity index is 1.73. The summed E-state index contributed by atoms with van der Waals surface area (Å²) in [7, 11) is 0. The molecule has 29 heavy (non-hydrogen) atoms. The predicted molar refractivity (Wildman–Crippen MR) is 121 cm³/mol. The number of carbonyl (C=O) groups is 1. The second-order valence-electron chi connectivity index (χ2n) is 6.83. The maximum Gasteiger partial charge on any atom is 0.253 e. The lowest BCUT2D eigenvalue weighted by Gasteiger charge is -2.18. The van der Waals surface area contributed by atoms with Crippen LogP contribution in [0.5, 0.6) is 0 Å². The van der Waals surface area contributed by atoms with E-state index in [9.17, 15) is 4.79 Å². The molecule has 0 spiro atoms. The van der Waals surface area contributed by atoms with Gasteiger partial charge in [-0.3, -0.25) is 9.78 Å². The first kappa shape index (κ1) is 21.1. The van der Waals surface area contributed by atoms with E-state index < -0.39 is 0 Å². The van der Waals surface area contributed by atoms with Gasteiger partial charge in [0, 0.05) is 28.8 Å². The zero-order chi connectivity index (χ0) is 20.6. The van der Waals surface area contributed by atoms with E-state index >= 15 is 0 Å². The van der Waals surface area contributed by atoms with Gasteiger partial charge in [0.1, 0.15) is 0 Å². The van der Waals surface area contributed by atoms with E-state index in [1.54, 1.807) is 6.20 Å². The molecular formula is C23H27ClN4O. The van der Waals surface area contributed by atoms with Crippen molar-refractivity contribution in [1.29, 1.82) is 0 Å². The Labute approximate surface area is 177 Å². The zero-order valence-electron chi connectivity index (χ0n) is 16.9. The zero-order valence-corrected chi connectivity index (χ0v) is 17.7. The molecule has 1 aromatic heterocycles. The summed E-state index contributed by atoms with van der Waals surface area (Å²) >= 11 is 6.17. The normalized spacial score (nSPS) is 11.0.